The molecule has 106 valence electrons. The first-order valence-corrected chi connectivity index (χ1v) is 6.70. The van der Waals surface area contributed by atoms with Crippen molar-refractivity contribution in [1.29, 1.82) is 0 Å². The smallest absolute Gasteiger partial charge is 0.254 e. The minimum Gasteiger partial charge on any atom is -0.396 e. The second-order valence-electron chi connectivity index (χ2n) is 5.39. The van der Waals surface area contributed by atoms with Crippen molar-refractivity contribution < 1.29 is 9.90 Å². The third-order valence-corrected chi connectivity index (χ3v) is 4.01. The van der Waals surface area contributed by atoms with E-state index < -0.39 is 0 Å². The van der Waals surface area contributed by atoms with Crippen molar-refractivity contribution >= 4 is 11.7 Å². The Morgan fingerprint density at radius 2 is 2.30 bits per heavy atom. The fraction of sp³-hybridized carbons (Fsp3) is 0.538. The fourth-order valence-electron chi connectivity index (χ4n) is 2.40. The highest BCUT2D eigenvalue weighted by Crippen LogP contribution is 2.47. The normalized spacial score (nSPS) is 16.3. The summed E-state index contributed by atoms with van der Waals surface area (Å²) >= 11 is 0. The number of aliphatic hydroxyl groups is 1. The van der Waals surface area contributed by atoms with Gasteiger partial charge in [-0.3, -0.25) is 4.79 Å². The van der Waals surface area contributed by atoms with E-state index in [9.17, 15) is 4.79 Å². The fourth-order valence-corrected chi connectivity index (χ4v) is 2.40. The maximum atomic E-state index is 12.2. The van der Waals surface area contributed by atoms with Crippen LogP contribution in [0.4, 0.5) is 0 Å². The Labute approximate surface area is 116 Å². The van der Waals surface area contributed by atoms with Crippen molar-refractivity contribution in [2.75, 3.05) is 13.2 Å². The number of rotatable bonds is 5. The highest BCUT2D eigenvalue weighted by Gasteiger charge is 2.42. The molecule has 7 heteroatoms. The van der Waals surface area contributed by atoms with Gasteiger partial charge in [0, 0.05) is 19.3 Å². The van der Waals surface area contributed by atoms with Gasteiger partial charge in [0.1, 0.15) is 6.33 Å². The van der Waals surface area contributed by atoms with Crippen molar-refractivity contribution in [1.82, 2.24) is 24.9 Å². The minimum atomic E-state index is -0.156. The van der Waals surface area contributed by atoms with Crippen LogP contribution in [-0.2, 0) is 0 Å². The van der Waals surface area contributed by atoms with Gasteiger partial charge in [-0.05, 0) is 31.6 Å². The predicted molar refractivity (Wildman–Crippen MR) is 71.2 cm³/mol. The topological polar surface area (TPSA) is 92.4 Å². The molecule has 7 nitrogen and oxygen atoms in total. The molecule has 1 saturated carbocycles. The van der Waals surface area contributed by atoms with E-state index in [0.29, 0.717) is 17.9 Å². The molecule has 1 amide bonds. The van der Waals surface area contributed by atoms with Gasteiger partial charge in [0.05, 0.1) is 11.3 Å². The number of aliphatic hydroxyl groups excluding tert-OH is 1. The number of nitrogens with one attached hydrogen (secondary N) is 1. The van der Waals surface area contributed by atoms with Crippen molar-refractivity contribution in [2.24, 2.45) is 5.41 Å². The molecule has 2 aromatic rings. The van der Waals surface area contributed by atoms with Crippen LogP contribution in [0.1, 0.15) is 35.3 Å². The summed E-state index contributed by atoms with van der Waals surface area (Å²) in [7, 11) is 0. The number of carbonyl (C=O) groups is 1. The van der Waals surface area contributed by atoms with Crippen LogP contribution >= 0.6 is 0 Å². The summed E-state index contributed by atoms with van der Waals surface area (Å²) in [6.45, 7) is 2.58. The second kappa shape index (κ2) is 4.82. The minimum absolute atomic E-state index is 0.100. The van der Waals surface area contributed by atoms with E-state index in [2.05, 4.69) is 20.4 Å². The molecule has 1 fully saturated rings. The third kappa shape index (κ3) is 2.24. The summed E-state index contributed by atoms with van der Waals surface area (Å²) in [5.74, 6) is 0.328. The maximum absolute atomic E-state index is 12.2. The lowest BCUT2D eigenvalue weighted by Gasteiger charge is -2.15. The third-order valence-electron chi connectivity index (χ3n) is 4.01. The van der Waals surface area contributed by atoms with E-state index in [1.165, 1.54) is 12.5 Å². The van der Waals surface area contributed by atoms with Gasteiger partial charge in [-0.2, -0.15) is 10.1 Å². The van der Waals surface area contributed by atoms with Gasteiger partial charge in [-0.25, -0.2) is 9.50 Å². The predicted octanol–water partition coefficient (Wildman–Crippen LogP) is 0.325. The zero-order valence-corrected chi connectivity index (χ0v) is 11.3. The summed E-state index contributed by atoms with van der Waals surface area (Å²) in [6.07, 6.45) is 5.81. The molecule has 0 aromatic carbocycles. The molecule has 2 N–H and O–H groups in total. The lowest BCUT2D eigenvalue weighted by Crippen LogP contribution is -2.31. The molecule has 0 saturated heterocycles. The van der Waals surface area contributed by atoms with E-state index in [1.807, 2.05) is 6.92 Å². The molecule has 0 spiro atoms. The highest BCUT2D eigenvalue weighted by molar-refractivity contribution is 5.95. The average molecular weight is 275 g/mol. The van der Waals surface area contributed by atoms with Gasteiger partial charge in [0.2, 0.25) is 0 Å². The number of aromatic nitrogens is 4. The second-order valence-corrected chi connectivity index (χ2v) is 5.39. The molecular formula is C13H17N5O2. The Kier molecular flexibility index (Phi) is 3.13. The first kappa shape index (κ1) is 13.0. The number of nitrogens with zero attached hydrogens (tertiary/aromatic N) is 4. The largest absolute Gasteiger partial charge is 0.396 e. The number of aryl methyl sites for hydroxylation is 1. The van der Waals surface area contributed by atoms with E-state index >= 15 is 0 Å². The van der Waals surface area contributed by atoms with E-state index in [-0.39, 0.29) is 17.9 Å². The number of fused-ring (bicyclic) bond motifs is 1. The van der Waals surface area contributed by atoms with Crippen LogP contribution in [0.3, 0.4) is 0 Å². The molecule has 2 aromatic heterocycles. The molecule has 0 radical (unpaired) electrons. The van der Waals surface area contributed by atoms with Crippen LogP contribution in [0.25, 0.3) is 5.78 Å². The van der Waals surface area contributed by atoms with Crippen LogP contribution in [0.5, 0.6) is 0 Å². The molecular weight excluding hydrogens is 258 g/mol. The SMILES string of the molecule is Cc1c(C(=O)NCC2(CCO)CC2)cnc2ncnn12. The molecule has 0 aliphatic heterocycles. The van der Waals surface area contributed by atoms with Gasteiger partial charge in [0.15, 0.2) is 0 Å². The standard InChI is InChI=1S/C13H17N5O2/c1-9-10(6-14-12-16-8-17-18(9)12)11(20)15-7-13(2-3-13)4-5-19/h6,8,19H,2-5,7H2,1H3,(H,15,20). The Hall–Kier alpha value is -2.02. The van der Waals surface area contributed by atoms with E-state index in [0.717, 1.165) is 25.0 Å². The monoisotopic (exact) mass is 275 g/mol. The molecule has 0 unspecified atom stereocenters. The van der Waals surface area contributed by atoms with E-state index in [1.54, 1.807) is 4.52 Å². The Morgan fingerprint density at radius 3 is 3.00 bits per heavy atom. The number of amides is 1. The Morgan fingerprint density at radius 1 is 1.50 bits per heavy atom. The Bertz CT molecular complexity index is 647. The van der Waals surface area contributed by atoms with Gasteiger partial charge in [0.25, 0.3) is 11.7 Å². The van der Waals surface area contributed by atoms with Gasteiger partial charge < -0.3 is 10.4 Å². The summed E-state index contributed by atoms with van der Waals surface area (Å²) in [4.78, 5) is 20.3. The summed E-state index contributed by atoms with van der Waals surface area (Å²) in [5, 5.41) is 16.0. The molecule has 20 heavy (non-hydrogen) atoms. The molecule has 1 aliphatic rings. The van der Waals surface area contributed by atoms with E-state index in [4.69, 9.17) is 5.11 Å². The Balaban J connectivity index is 1.74. The molecule has 0 atom stereocenters. The number of hydrogen-bond acceptors (Lipinski definition) is 5. The summed E-state index contributed by atoms with van der Waals surface area (Å²) < 4.78 is 1.55. The van der Waals surface area contributed by atoms with Crippen molar-refractivity contribution in [3.63, 3.8) is 0 Å². The summed E-state index contributed by atoms with van der Waals surface area (Å²) in [5.41, 5.74) is 1.32. The quantitative estimate of drug-likeness (QED) is 0.820. The zero-order valence-electron chi connectivity index (χ0n) is 11.3. The first-order valence-electron chi connectivity index (χ1n) is 6.70. The van der Waals surface area contributed by atoms with Crippen LogP contribution < -0.4 is 5.32 Å². The van der Waals surface area contributed by atoms with Crippen molar-refractivity contribution in [3.8, 4) is 0 Å². The first-order chi connectivity index (χ1) is 9.65. The average Bonchev–Trinajstić information content (AvgIpc) is 3.02. The van der Waals surface area contributed by atoms with Crippen LogP contribution in [-0.4, -0.2) is 43.7 Å². The van der Waals surface area contributed by atoms with Gasteiger partial charge in [-0.15, -0.1) is 0 Å². The molecule has 3 rings (SSSR count). The van der Waals surface area contributed by atoms with Crippen LogP contribution in [0.2, 0.25) is 0 Å². The van der Waals surface area contributed by atoms with Gasteiger partial charge >= 0.3 is 0 Å². The zero-order chi connectivity index (χ0) is 14.2. The molecule has 2 heterocycles. The van der Waals surface area contributed by atoms with Crippen LogP contribution in [0, 0.1) is 12.3 Å². The highest BCUT2D eigenvalue weighted by atomic mass is 16.3. The summed E-state index contributed by atoms with van der Waals surface area (Å²) in [6, 6.07) is 0. The van der Waals surface area contributed by atoms with Crippen LogP contribution in [0.15, 0.2) is 12.5 Å². The lowest BCUT2D eigenvalue weighted by molar-refractivity contribution is 0.0939. The van der Waals surface area contributed by atoms with Crippen molar-refractivity contribution in [2.45, 2.75) is 26.2 Å². The lowest BCUT2D eigenvalue weighted by atomic mass is 10.0. The number of carbonyl (C=O) groups excluding carboxylic acids is 1. The maximum Gasteiger partial charge on any atom is 0.254 e. The van der Waals surface area contributed by atoms with Crippen molar-refractivity contribution in [3.05, 3.63) is 23.8 Å². The molecule has 0 bridgehead atoms. The number of hydrogen-bond donors (Lipinski definition) is 2. The molecule has 1 aliphatic carbocycles. The van der Waals surface area contributed by atoms with Gasteiger partial charge in [-0.1, -0.05) is 0 Å².